The SMILES string of the molecule is O=C(CCNC(=O)c1ccc(Br)cc1)Nc1cccc([N+](=O)[O-])c1. The molecule has 0 saturated heterocycles. The average Bonchev–Trinajstić information content (AvgIpc) is 2.55. The van der Waals surface area contributed by atoms with Crippen molar-refractivity contribution in [3.8, 4) is 0 Å². The molecular formula is C16H14BrN3O4. The van der Waals surface area contributed by atoms with Crippen LogP contribution in [0.5, 0.6) is 0 Å². The number of benzene rings is 2. The first kappa shape index (κ1) is 17.6. The van der Waals surface area contributed by atoms with Crippen LogP contribution in [0.1, 0.15) is 16.8 Å². The largest absolute Gasteiger partial charge is 0.352 e. The van der Waals surface area contributed by atoms with Crippen molar-refractivity contribution in [2.24, 2.45) is 0 Å². The minimum Gasteiger partial charge on any atom is -0.352 e. The van der Waals surface area contributed by atoms with Crippen LogP contribution in [0.25, 0.3) is 0 Å². The smallest absolute Gasteiger partial charge is 0.271 e. The highest BCUT2D eigenvalue weighted by molar-refractivity contribution is 9.10. The first-order valence-electron chi connectivity index (χ1n) is 7.04. The third-order valence-electron chi connectivity index (χ3n) is 3.08. The Bertz CT molecular complexity index is 762. The van der Waals surface area contributed by atoms with Gasteiger partial charge in [-0.1, -0.05) is 22.0 Å². The number of anilines is 1. The Kier molecular flexibility index (Phi) is 6.02. The Hall–Kier alpha value is -2.74. The van der Waals surface area contributed by atoms with Crippen molar-refractivity contribution in [2.75, 3.05) is 11.9 Å². The second-order valence-corrected chi connectivity index (χ2v) is 5.78. The van der Waals surface area contributed by atoms with Gasteiger partial charge in [0.15, 0.2) is 0 Å². The number of hydrogen-bond acceptors (Lipinski definition) is 4. The van der Waals surface area contributed by atoms with E-state index in [-0.39, 0.29) is 30.5 Å². The number of nitrogens with zero attached hydrogens (tertiary/aromatic N) is 1. The van der Waals surface area contributed by atoms with Crippen LogP contribution in [0, 0.1) is 10.1 Å². The van der Waals surface area contributed by atoms with Gasteiger partial charge in [-0.05, 0) is 30.3 Å². The lowest BCUT2D eigenvalue weighted by molar-refractivity contribution is -0.384. The van der Waals surface area contributed by atoms with Crippen molar-refractivity contribution in [3.05, 3.63) is 68.7 Å². The van der Waals surface area contributed by atoms with Crippen LogP contribution in [-0.4, -0.2) is 23.3 Å². The van der Waals surface area contributed by atoms with Crippen LogP contribution in [0.15, 0.2) is 53.0 Å². The number of rotatable bonds is 6. The van der Waals surface area contributed by atoms with E-state index in [0.29, 0.717) is 11.3 Å². The second-order valence-electron chi connectivity index (χ2n) is 4.87. The summed E-state index contributed by atoms with van der Waals surface area (Å²) in [5.41, 5.74) is 0.738. The topological polar surface area (TPSA) is 101 Å². The van der Waals surface area contributed by atoms with Crippen LogP contribution in [0.4, 0.5) is 11.4 Å². The van der Waals surface area contributed by atoms with Crippen LogP contribution >= 0.6 is 15.9 Å². The summed E-state index contributed by atoms with van der Waals surface area (Å²) in [6.45, 7) is 0.162. The molecular weight excluding hydrogens is 378 g/mol. The lowest BCUT2D eigenvalue weighted by atomic mass is 10.2. The molecule has 0 atom stereocenters. The summed E-state index contributed by atoms with van der Waals surface area (Å²) in [4.78, 5) is 33.9. The van der Waals surface area contributed by atoms with Crippen molar-refractivity contribution in [1.29, 1.82) is 0 Å². The molecule has 0 spiro atoms. The van der Waals surface area contributed by atoms with E-state index in [1.165, 1.54) is 18.2 Å². The Morgan fingerprint density at radius 1 is 1.12 bits per heavy atom. The third-order valence-corrected chi connectivity index (χ3v) is 3.61. The monoisotopic (exact) mass is 391 g/mol. The molecule has 0 heterocycles. The number of nitro groups is 1. The number of carbonyl (C=O) groups is 2. The van der Waals surface area contributed by atoms with Crippen LogP contribution in [-0.2, 0) is 4.79 Å². The molecule has 0 saturated carbocycles. The van der Waals surface area contributed by atoms with Crippen molar-refractivity contribution < 1.29 is 14.5 Å². The highest BCUT2D eigenvalue weighted by Crippen LogP contribution is 2.17. The third kappa shape index (κ3) is 5.17. The van der Waals surface area contributed by atoms with E-state index in [1.54, 1.807) is 30.3 Å². The van der Waals surface area contributed by atoms with Crippen LogP contribution < -0.4 is 10.6 Å². The van der Waals surface area contributed by atoms with E-state index >= 15 is 0 Å². The molecule has 24 heavy (non-hydrogen) atoms. The summed E-state index contributed by atoms with van der Waals surface area (Å²) in [5.74, 6) is -0.614. The van der Waals surface area contributed by atoms with Gasteiger partial charge in [0.2, 0.25) is 5.91 Å². The molecule has 0 fully saturated rings. The molecule has 124 valence electrons. The molecule has 0 aliphatic carbocycles. The van der Waals surface area contributed by atoms with Gasteiger partial charge in [0.1, 0.15) is 0 Å². The molecule has 0 radical (unpaired) electrons. The molecule has 2 N–H and O–H groups in total. The minimum atomic E-state index is -0.534. The molecule has 8 heteroatoms. The molecule has 2 aromatic carbocycles. The van der Waals surface area contributed by atoms with Gasteiger partial charge in [0.05, 0.1) is 4.92 Å². The fourth-order valence-corrected chi connectivity index (χ4v) is 2.18. The lowest BCUT2D eigenvalue weighted by Crippen LogP contribution is -2.27. The number of nitro benzene ring substituents is 1. The quantitative estimate of drug-likeness (QED) is 0.583. The predicted octanol–water partition coefficient (Wildman–Crippen LogP) is 3.12. The number of non-ortho nitro benzene ring substituents is 1. The molecule has 2 rings (SSSR count). The molecule has 0 bridgehead atoms. The van der Waals surface area contributed by atoms with Crippen molar-refractivity contribution in [3.63, 3.8) is 0 Å². The summed E-state index contributed by atoms with van der Waals surface area (Å²) < 4.78 is 0.871. The normalized spacial score (nSPS) is 10.0. The molecule has 2 aromatic rings. The summed E-state index contributed by atoms with van der Waals surface area (Å²) >= 11 is 3.28. The number of carbonyl (C=O) groups excluding carboxylic acids is 2. The van der Waals surface area contributed by atoms with E-state index in [1.807, 2.05) is 0 Å². The maximum atomic E-state index is 11.9. The Balaban J connectivity index is 1.81. The molecule has 0 aromatic heterocycles. The van der Waals surface area contributed by atoms with Gasteiger partial charge in [0, 0.05) is 40.8 Å². The van der Waals surface area contributed by atoms with Crippen LogP contribution in [0.2, 0.25) is 0 Å². The predicted molar refractivity (Wildman–Crippen MR) is 92.8 cm³/mol. The fraction of sp³-hybridized carbons (Fsp3) is 0.125. The Morgan fingerprint density at radius 3 is 2.50 bits per heavy atom. The zero-order valence-electron chi connectivity index (χ0n) is 12.5. The summed E-state index contributed by atoms with van der Waals surface area (Å²) in [6, 6.07) is 12.5. The van der Waals surface area contributed by atoms with Gasteiger partial charge in [-0.2, -0.15) is 0 Å². The minimum absolute atomic E-state index is 0.0605. The van der Waals surface area contributed by atoms with Gasteiger partial charge in [-0.15, -0.1) is 0 Å². The highest BCUT2D eigenvalue weighted by atomic mass is 79.9. The van der Waals surface area contributed by atoms with Crippen molar-refractivity contribution in [2.45, 2.75) is 6.42 Å². The first-order chi connectivity index (χ1) is 11.5. The molecule has 0 aliphatic heterocycles. The second kappa shape index (κ2) is 8.21. The Labute approximate surface area is 146 Å². The van der Waals surface area contributed by atoms with Gasteiger partial charge < -0.3 is 10.6 Å². The molecule has 2 amide bonds. The zero-order chi connectivity index (χ0) is 17.5. The molecule has 0 aliphatic rings. The highest BCUT2D eigenvalue weighted by Gasteiger charge is 2.09. The number of hydrogen-bond donors (Lipinski definition) is 2. The molecule has 7 nitrogen and oxygen atoms in total. The van der Waals surface area contributed by atoms with Gasteiger partial charge >= 0.3 is 0 Å². The van der Waals surface area contributed by atoms with E-state index in [9.17, 15) is 19.7 Å². The summed E-state index contributed by atoms with van der Waals surface area (Å²) in [7, 11) is 0. The van der Waals surface area contributed by atoms with Gasteiger partial charge in [-0.3, -0.25) is 19.7 Å². The Morgan fingerprint density at radius 2 is 1.83 bits per heavy atom. The zero-order valence-corrected chi connectivity index (χ0v) is 14.1. The maximum Gasteiger partial charge on any atom is 0.271 e. The van der Waals surface area contributed by atoms with Crippen LogP contribution in [0.3, 0.4) is 0 Å². The average molecular weight is 392 g/mol. The van der Waals surface area contributed by atoms with Crippen molar-refractivity contribution >= 4 is 39.1 Å². The molecule has 0 unspecified atom stereocenters. The number of amides is 2. The van der Waals surface area contributed by atoms with E-state index in [0.717, 1.165) is 4.47 Å². The van der Waals surface area contributed by atoms with E-state index in [4.69, 9.17) is 0 Å². The summed E-state index contributed by atoms with van der Waals surface area (Å²) in [5, 5.41) is 15.9. The first-order valence-corrected chi connectivity index (χ1v) is 7.83. The standard InChI is InChI=1S/C16H14BrN3O4/c17-12-6-4-11(5-7-12)16(22)18-9-8-15(21)19-13-2-1-3-14(10-13)20(23)24/h1-7,10H,8-9H2,(H,18,22)(H,19,21). The van der Waals surface area contributed by atoms with E-state index < -0.39 is 4.92 Å². The number of halogens is 1. The summed E-state index contributed by atoms with van der Waals surface area (Å²) in [6.07, 6.45) is 0.0605. The van der Waals surface area contributed by atoms with Gasteiger partial charge in [-0.25, -0.2) is 0 Å². The maximum absolute atomic E-state index is 11.9. The number of nitrogens with one attached hydrogen (secondary N) is 2. The van der Waals surface area contributed by atoms with Crippen molar-refractivity contribution in [1.82, 2.24) is 5.32 Å². The van der Waals surface area contributed by atoms with Gasteiger partial charge in [0.25, 0.3) is 11.6 Å². The lowest BCUT2D eigenvalue weighted by Gasteiger charge is -2.07. The van der Waals surface area contributed by atoms with E-state index in [2.05, 4.69) is 26.6 Å². The fourth-order valence-electron chi connectivity index (χ4n) is 1.91.